The van der Waals surface area contributed by atoms with Gasteiger partial charge in [0.2, 0.25) is 0 Å². The zero-order valence-electron chi connectivity index (χ0n) is 10.1. The number of benzene rings is 1. The average molecular weight is 249 g/mol. The maximum Gasteiger partial charge on any atom is 0.331 e. The van der Waals surface area contributed by atoms with E-state index in [9.17, 15) is 14.7 Å². The fourth-order valence-electron chi connectivity index (χ4n) is 1.96. The Kier molecular flexibility index (Phi) is 3.34. The summed E-state index contributed by atoms with van der Waals surface area (Å²) in [6, 6.07) is 7.03. The molecule has 2 rings (SSSR count). The Balaban J connectivity index is 2.18. The largest absolute Gasteiger partial charge is 0.479 e. The van der Waals surface area contributed by atoms with E-state index in [2.05, 4.69) is 5.32 Å². The summed E-state index contributed by atoms with van der Waals surface area (Å²) in [5, 5.41) is 11.8. The first-order chi connectivity index (χ1) is 8.53. The molecule has 1 fully saturated rings. The van der Waals surface area contributed by atoms with Crippen LogP contribution in [0.3, 0.4) is 0 Å². The Morgan fingerprint density at radius 3 is 2.78 bits per heavy atom. The summed E-state index contributed by atoms with van der Waals surface area (Å²) in [6.07, 6.45) is 0.292. The first-order valence-electron chi connectivity index (χ1n) is 5.74. The number of hydrogen-bond donors (Lipinski definition) is 2. The molecule has 5 nitrogen and oxygen atoms in total. The van der Waals surface area contributed by atoms with Gasteiger partial charge in [-0.05, 0) is 19.1 Å². The van der Waals surface area contributed by atoms with E-state index in [1.54, 1.807) is 18.2 Å². The highest BCUT2D eigenvalue weighted by atomic mass is 16.5. The van der Waals surface area contributed by atoms with Gasteiger partial charge in [0, 0.05) is 18.6 Å². The van der Waals surface area contributed by atoms with Gasteiger partial charge in [-0.1, -0.05) is 17.7 Å². The molecule has 2 N–H and O–H groups in total. The highest BCUT2D eigenvalue weighted by molar-refractivity contribution is 5.98. The number of amides is 1. The van der Waals surface area contributed by atoms with Crippen LogP contribution in [0.5, 0.6) is 0 Å². The van der Waals surface area contributed by atoms with Crippen molar-refractivity contribution < 1.29 is 19.4 Å². The smallest absolute Gasteiger partial charge is 0.331 e. The number of carbonyl (C=O) groups excluding carboxylic acids is 1. The van der Waals surface area contributed by atoms with Crippen molar-refractivity contribution in [3.8, 4) is 0 Å². The maximum absolute atomic E-state index is 12.0. The molecule has 0 bridgehead atoms. The van der Waals surface area contributed by atoms with E-state index in [1.807, 2.05) is 13.0 Å². The van der Waals surface area contributed by atoms with Gasteiger partial charge in [-0.25, -0.2) is 4.79 Å². The number of aliphatic carboxylic acids is 1. The fourth-order valence-corrected chi connectivity index (χ4v) is 1.96. The third-order valence-corrected chi connectivity index (χ3v) is 3.06. The minimum Gasteiger partial charge on any atom is -0.479 e. The quantitative estimate of drug-likeness (QED) is 0.837. The summed E-state index contributed by atoms with van der Waals surface area (Å²) in [7, 11) is 0. The number of ether oxygens (including phenoxy) is 1. The molecule has 0 aliphatic carbocycles. The standard InChI is InChI=1S/C13H15NO4/c1-9-3-2-4-10(7-9)11(15)14-13(12(16)17)5-6-18-8-13/h2-4,7H,5-6,8H2,1H3,(H,14,15)(H,16,17). The highest BCUT2D eigenvalue weighted by Gasteiger charge is 2.44. The zero-order chi connectivity index (χ0) is 13.2. The Morgan fingerprint density at radius 1 is 1.44 bits per heavy atom. The molecule has 1 aliphatic rings. The average Bonchev–Trinajstić information content (AvgIpc) is 2.79. The molecule has 18 heavy (non-hydrogen) atoms. The van der Waals surface area contributed by atoms with Gasteiger partial charge < -0.3 is 15.2 Å². The Labute approximate surface area is 105 Å². The van der Waals surface area contributed by atoms with E-state index < -0.39 is 11.5 Å². The van der Waals surface area contributed by atoms with Gasteiger partial charge in [0.15, 0.2) is 5.54 Å². The number of carbonyl (C=O) groups is 2. The van der Waals surface area contributed by atoms with E-state index >= 15 is 0 Å². The molecular weight excluding hydrogens is 234 g/mol. The van der Waals surface area contributed by atoms with Crippen molar-refractivity contribution in [2.45, 2.75) is 18.9 Å². The second-order valence-electron chi connectivity index (χ2n) is 4.51. The number of carboxylic acids is 1. The van der Waals surface area contributed by atoms with Crippen molar-refractivity contribution in [2.24, 2.45) is 0 Å². The number of hydrogen-bond acceptors (Lipinski definition) is 3. The van der Waals surface area contributed by atoms with E-state index in [4.69, 9.17) is 4.74 Å². The lowest BCUT2D eigenvalue weighted by molar-refractivity contribution is -0.144. The molecule has 1 aromatic rings. The van der Waals surface area contributed by atoms with Crippen LogP contribution < -0.4 is 5.32 Å². The predicted molar refractivity (Wildman–Crippen MR) is 64.4 cm³/mol. The van der Waals surface area contributed by atoms with Gasteiger partial charge >= 0.3 is 5.97 Å². The van der Waals surface area contributed by atoms with Crippen molar-refractivity contribution in [3.63, 3.8) is 0 Å². The summed E-state index contributed by atoms with van der Waals surface area (Å²) in [5.74, 6) is -1.44. The lowest BCUT2D eigenvalue weighted by atomic mass is 9.98. The molecule has 96 valence electrons. The zero-order valence-corrected chi connectivity index (χ0v) is 10.1. The number of rotatable bonds is 3. The number of aryl methyl sites for hydroxylation is 1. The normalized spacial score (nSPS) is 22.7. The Morgan fingerprint density at radius 2 is 2.22 bits per heavy atom. The van der Waals surface area contributed by atoms with Crippen LogP contribution in [0.15, 0.2) is 24.3 Å². The molecule has 1 aromatic carbocycles. The third-order valence-electron chi connectivity index (χ3n) is 3.06. The number of carboxylic acid groups (broad SMARTS) is 1. The lowest BCUT2D eigenvalue weighted by Crippen LogP contribution is -2.55. The van der Waals surface area contributed by atoms with Crippen molar-refractivity contribution in [2.75, 3.05) is 13.2 Å². The molecule has 1 unspecified atom stereocenters. The Bertz CT molecular complexity index is 478. The third kappa shape index (κ3) is 2.36. The fraction of sp³-hybridized carbons (Fsp3) is 0.385. The van der Waals surface area contributed by atoms with E-state index in [0.717, 1.165) is 5.56 Å². The SMILES string of the molecule is Cc1cccc(C(=O)NC2(C(=O)O)CCOC2)c1. The highest BCUT2D eigenvalue weighted by Crippen LogP contribution is 2.20. The van der Waals surface area contributed by atoms with Crippen molar-refractivity contribution >= 4 is 11.9 Å². The van der Waals surface area contributed by atoms with Gasteiger partial charge in [0.25, 0.3) is 5.91 Å². The molecule has 1 saturated heterocycles. The second kappa shape index (κ2) is 4.78. The topological polar surface area (TPSA) is 75.6 Å². The maximum atomic E-state index is 12.0. The van der Waals surface area contributed by atoms with E-state index in [0.29, 0.717) is 18.6 Å². The minimum absolute atomic E-state index is 0.0138. The van der Waals surface area contributed by atoms with Crippen LogP contribution in [0.1, 0.15) is 22.3 Å². The summed E-state index contributed by atoms with van der Waals surface area (Å²) in [6.45, 7) is 2.24. The minimum atomic E-state index is -1.29. The summed E-state index contributed by atoms with van der Waals surface area (Å²) in [5.41, 5.74) is 0.123. The molecule has 1 atom stereocenters. The molecular formula is C13H15NO4. The van der Waals surface area contributed by atoms with Crippen LogP contribution in [0.25, 0.3) is 0 Å². The van der Waals surface area contributed by atoms with E-state index in [-0.39, 0.29) is 12.5 Å². The summed E-state index contributed by atoms with van der Waals surface area (Å²) in [4.78, 5) is 23.3. The molecule has 0 saturated carbocycles. The van der Waals surface area contributed by atoms with Crippen LogP contribution in [-0.4, -0.2) is 35.7 Å². The van der Waals surface area contributed by atoms with Gasteiger partial charge in [-0.3, -0.25) is 4.79 Å². The van der Waals surface area contributed by atoms with Gasteiger partial charge in [0.05, 0.1) is 6.61 Å². The van der Waals surface area contributed by atoms with Gasteiger partial charge in [0.1, 0.15) is 0 Å². The Hall–Kier alpha value is -1.88. The molecule has 0 spiro atoms. The van der Waals surface area contributed by atoms with Crippen LogP contribution in [0, 0.1) is 6.92 Å². The number of nitrogens with one attached hydrogen (secondary N) is 1. The summed E-state index contributed by atoms with van der Waals surface area (Å²) < 4.78 is 5.09. The first kappa shape index (κ1) is 12.6. The second-order valence-corrected chi connectivity index (χ2v) is 4.51. The van der Waals surface area contributed by atoms with Crippen LogP contribution in [-0.2, 0) is 9.53 Å². The van der Waals surface area contributed by atoms with Gasteiger partial charge in [-0.15, -0.1) is 0 Å². The van der Waals surface area contributed by atoms with E-state index in [1.165, 1.54) is 0 Å². The van der Waals surface area contributed by atoms with Crippen LogP contribution in [0.4, 0.5) is 0 Å². The molecule has 1 amide bonds. The van der Waals surface area contributed by atoms with Crippen molar-refractivity contribution in [1.82, 2.24) is 5.32 Å². The van der Waals surface area contributed by atoms with Crippen molar-refractivity contribution in [1.29, 1.82) is 0 Å². The molecule has 1 aliphatic heterocycles. The van der Waals surface area contributed by atoms with Crippen molar-refractivity contribution in [3.05, 3.63) is 35.4 Å². The monoisotopic (exact) mass is 249 g/mol. The first-order valence-corrected chi connectivity index (χ1v) is 5.74. The van der Waals surface area contributed by atoms with Crippen LogP contribution >= 0.6 is 0 Å². The lowest BCUT2D eigenvalue weighted by Gasteiger charge is -2.23. The molecule has 1 heterocycles. The predicted octanol–water partition coefficient (Wildman–Crippen LogP) is 0.969. The molecule has 0 aromatic heterocycles. The van der Waals surface area contributed by atoms with Crippen LogP contribution in [0.2, 0.25) is 0 Å². The summed E-state index contributed by atoms with van der Waals surface area (Å²) >= 11 is 0. The molecule has 0 radical (unpaired) electrons. The van der Waals surface area contributed by atoms with Gasteiger partial charge in [-0.2, -0.15) is 0 Å². The molecule has 5 heteroatoms.